The van der Waals surface area contributed by atoms with Crippen LogP contribution in [0.3, 0.4) is 0 Å². The number of rotatable bonds is 7. The Morgan fingerprint density at radius 3 is 2.77 bits per heavy atom. The van der Waals surface area contributed by atoms with E-state index in [1.165, 1.54) is 12.8 Å². The summed E-state index contributed by atoms with van der Waals surface area (Å²) in [5, 5.41) is 2.90. The van der Waals surface area contributed by atoms with Gasteiger partial charge in [0.2, 0.25) is 0 Å². The lowest BCUT2D eigenvalue weighted by Crippen LogP contribution is -2.27. The molecule has 0 radical (unpaired) electrons. The fourth-order valence-corrected chi connectivity index (χ4v) is 2.49. The molecule has 0 aliphatic carbocycles. The van der Waals surface area contributed by atoms with Crippen LogP contribution in [0, 0.1) is 5.92 Å². The number of amides is 1. The van der Waals surface area contributed by atoms with Crippen molar-refractivity contribution < 1.29 is 9.53 Å². The van der Waals surface area contributed by atoms with Gasteiger partial charge in [0.25, 0.3) is 5.91 Å². The third-order valence-corrected chi connectivity index (χ3v) is 3.81. The van der Waals surface area contributed by atoms with Crippen LogP contribution in [-0.2, 0) is 0 Å². The quantitative estimate of drug-likeness (QED) is 0.757. The minimum atomic E-state index is -0.0851. The van der Waals surface area contributed by atoms with Crippen molar-refractivity contribution in [1.82, 2.24) is 10.2 Å². The molecule has 1 aromatic carbocycles. The average molecular weight is 305 g/mol. The molecule has 0 bridgehead atoms. The molecule has 1 aromatic rings. The minimum absolute atomic E-state index is 0.0851. The largest absolute Gasteiger partial charge is 0.490 e. The lowest BCUT2D eigenvalue weighted by Gasteiger charge is -2.16. The molecular weight excluding hydrogens is 278 g/mol. The normalized spacial score (nSPS) is 15.2. The average Bonchev–Trinajstić information content (AvgIpc) is 3.00. The molecule has 1 saturated heterocycles. The van der Waals surface area contributed by atoms with E-state index in [2.05, 4.69) is 24.1 Å². The van der Waals surface area contributed by atoms with E-state index in [1.54, 1.807) is 18.2 Å². The Balaban J connectivity index is 1.89. The topological polar surface area (TPSA) is 67.6 Å². The number of anilines is 1. The van der Waals surface area contributed by atoms with E-state index in [4.69, 9.17) is 10.5 Å². The molecule has 0 saturated carbocycles. The number of benzene rings is 1. The maximum absolute atomic E-state index is 12.1. The predicted molar refractivity (Wildman–Crippen MR) is 89.2 cm³/mol. The lowest BCUT2D eigenvalue weighted by molar-refractivity contribution is 0.0948. The summed E-state index contributed by atoms with van der Waals surface area (Å²) in [6, 6.07) is 5.20. The van der Waals surface area contributed by atoms with Crippen LogP contribution in [0.1, 0.15) is 37.0 Å². The van der Waals surface area contributed by atoms with E-state index >= 15 is 0 Å². The summed E-state index contributed by atoms with van der Waals surface area (Å²) >= 11 is 0. The maximum atomic E-state index is 12.1. The standard InChI is InChI=1S/C17H27N3O2/c1-13(2)12-19-17(21)14-5-6-15(18)16(11-14)22-10-9-20-7-3-4-8-20/h5-6,11,13H,3-4,7-10,12,18H2,1-2H3,(H,19,21). The van der Waals surface area contributed by atoms with Crippen LogP contribution in [0.25, 0.3) is 0 Å². The number of carbonyl (C=O) groups is 1. The van der Waals surface area contributed by atoms with Crippen LogP contribution in [0.5, 0.6) is 5.75 Å². The summed E-state index contributed by atoms with van der Waals surface area (Å²) in [5.74, 6) is 0.934. The number of nitrogens with one attached hydrogen (secondary N) is 1. The Labute approximate surface area is 132 Å². The first-order chi connectivity index (χ1) is 10.6. The van der Waals surface area contributed by atoms with Crippen molar-refractivity contribution in [2.24, 2.45) is 5.92 Å². The van der Waals surface area contributed by atoms with Crippen molar-refractivity contribution in [3.8, 4) is 5.75 Å². The predicted octanol–water partition coefficient (Wildman–Crippen LogP) is 2.13. The van der Waals surface area contributed by atoms with Gasteiger partial charge >= 0.3 is 0 Å². The van der Waals surface area contributed by atoms with Crippen molar-refractivity contribution in [2.75, 3.05) is 38.5 Å². The Morgan fingerprint density at radius 2 is 2.09 bits per heavy atom. The summed E-state index contributed by atoms with van der Waals surface area (Å²) in [4.78, 5) is 14.5. The van der Waals surface area contributed by atoms with Gasteiger partial charge in [-0.3, -0.25) is 9.69 Å². The van der Waals surface area contributed by atoms with Crippen molar-refractivity contribution in [3.63, 3.8) is 0 Å². The molecule has 1 fully saturated rings. The van der Waals surface area contributed by atoms with Gasteiger partial charge in [-0.2, -0.15) is 0 Å². The Morgan fingerprint density at radius 1 is 1.36 bits per heavy atom. The summed E-state index contributed by atoms with van der Waals surface area (Å²) in [5.41, 5.74) is 7.10. The first-order valence-electron chi connectivity index (χ1n) is 8.09. The fourth-order valence-electron chi connectivity index (χ4n) is 2.49. The Kier molecular flexibility index (Phi) is 6.07. The zero-order valence-corrected chi connectivity index (χ0v) is 13.6. The van der Waals surface area contributed by atoms with Gasteiger partial charge in [-0.05, 0) is 50.0 Å². The van der Waals surface area contributed by atoms with E-state index in [0.29, 0.717) is 36.1 Å². The van der Waals surface area contributed by atoms with E-state index in [9.17, 15) is 4.79 Å². The first-order valence-corrected chi connectivity index (χ1v) is 8.09. The van der Waals surface area contributed by atoms with Gasteiger partial charge < -0.3 is 15.8 Å². The molecule has 1 amide bonds. The maximum Gasteiger partial charge on any atom is 0.251 e. The second kappa shape index (κ2) is 8.03. The van der Waals surface area contributed by atoms with Gasteiger partial charge in [-0.15, -0.1) is 0 Å². The van der Waals surface area contributed by atoms with Gasteiger partial charge in [0.15, 0.2) is 0 Å². The lowest BCUT2D eigenvalue weighted by atomic mass is 10.1. The van der Waals surface area contributed by atoms with E-state index in [1.807, 2.05) is 0 Å². The molecule has 1 heterocycles. The summed E-state index contributed by atoms with van der Waals surface area (Å²) in [7, 11) is 0. The zero-order chi connectivity index (χ0) is 15.9. The van der Waals surface area contributed by atoms with Gasteiger partial charge in [-0.1, -0.05) is 13.8 Å². The van der Waals surface area contributed by atoms with Crippen LogP contribution in [0.2, 0.25) is 0 Å². The molecule has 2 rings (SSSR count). The molecule has 0 atom stereocenters. The van der Waals surface area contributed by atoms with Crippen LogP contribution in [-0.4, -0.2) is 43.6 Å². The van der Waals surface area contributed by atoms with Crippen molar-refractivity contribution in [3.05, 3.63) is 23.8 Å². The van der Waals surface area contributed by atoms with E-state index in [-0.39, 0.29) is 5.91 Å². The Bertz CT molecular complexity index is 497. The second-order valence-electron chi connectivity index (χ2n) is 6.25. The number of hydrogen-bond acceptors (Lipinski definition) is 4. The number of nitrogen functional groups attached to an aromatic ring is 1. The van der Waals surface area contributed by atoms with Gasteiger partial charge in [0.1, 0.15) is 12.4 Å². The highest BCUT2D eigenvalue weighted by Crippen LogP contribution is 2.23. The SMILES string of the molecule is CC(C)CNC(=O)c1ccc(N)c(OCCN2CCCC2)c1. The third-order valence-electron chi connectivity index (χ3n) is 3.81. The van der Waals surface area contributed by atoms with Crippen LogP contribution in [0.4, 0.5) is 5.69 Å². The van der Waals surface area contributed by atoms with Gasteiger partial charge in [-0.25, -0.2) is 0 Å². The molecule has 1 aliphatic heterocycles. The van der Waals surface area contributed by atoms with Crippen LogP contribution in [0.15, 0.2) is 18.2 Å². The molecule has 5 nitrogen and oxygen atoms in total. The number of ether oxygens (including phenoxy) is 1. The van der Waals surface area contributed by atoms with E-state index in [0.717, 1.165) is 19.6 Å². The molecule has 5 heteroatoms. The second-order valence-corrected chi connectivity index (χ2v) is 6.25. The molecule has 1 aliphatic rings. The zero-order valence-electron chi connectivity index (χ0n) is 13.6. The first kappa shape index (κ1) is 16.6. The Hall–Kier alpha value is -1.75. The number of carbonyl (C=O) groups excluding carboxylic acids is 1. The monoisotopic (exact) mass is 305 g/mol. The molecule has 122 valence electrons. The molecule has 0 unspecified atom stereocenters. The number of hydrogen-bond donors (Lipinski definition) is 2. The summed E-state index contributed by atoms with van der Waals surface area (Å²) < 4.78 is 5.77. The molecule has 0 spiro atoms. The van der Waals surface area contributed by atoms with Crippen molar-refractivity contribution >= 4 is 11.6 Å². The fraction of sp³-hybridized carbons (Fsp3) is 0.588. The molecular formula is C17H27N3O2. The van der Waals surface area contributed by atoms with Crippen LogP contribution < -0.4 is 15.8 Å². The number of nitrogens with zero attached hydrogens (tertiary/aromatic N) is 1. The number of nitrogens with two attached hydrogens (primary N) is 1. The van der Waals surface area contributed by atoms with Gasteiger partial charge in [0, 0.05) is 18.7 Å². The van der Waals surface area contributed by atoms with E-state index < -0.39 is 0 Å². The summed E-state index contributed by atoms with van der Waals surface area (Å²) in [6.45, 7) is 8.60. The third kappa shape index (κ3) is 4.91. The smallest absolute Gasteiger partial charge is 0.251 e. The molecule has 0 aromatic heterocycles. The minimum Gasteiger partial charge on any atom is -0.490 e. The number of likely N-dealkylation sites (tertiary alicyclic amines) is 1. The molecule has 22 heavy (non-hydrogen) atoms. The highest BCUT2D eigenvalue weighted by Gasteiger charge is 2.12. The highest BCUT2D eigenvalue weighted by atomic mass is 16.5. The molecule has 3 N–H and O–H groups in total. The summed E-state index contributed by atoms with van der Waals surface area (Å²) in [6.07, 6.45) is 2.54. The van der Waals surface area contributed by atoms with Crippen molar-refractivity contribution in [2.45, 2.75) is 26.7 Å². The van der Waals surface area contributed by atoms with Gasteiger partial charge in [0.05, 0.1) is 5.69 Å². The van der Waals surface area contributed by atoms with Crippen molar-refractivity contribution in [1.29, 1.82) is 0 Å². The highest BCUT2D eigenvalue weighted by molar-refractivity contribution is 5.95. The van der Waals surface area contributed by atoms with Crippen LogP contribution >= 0.6 is 0 Å².